The van der Waals surface area contributed by atoms with Crippen LogP contribution in [0.25, 0.3) is 22.7 Å². The predicted octanol–water partition coefficient (Wildman–Crippen LogP) is 4.44. The molecular weight excluding hydrogens is 342 g/mol. The fraction of sp³-hybridized carbons (Fsp3) is 0. The minimum Gasteiger partial charge on any atom is -0.457 e. The van der Waals surface area contributed by atoms with Gasteiger partial charge in [-0.05, 0) is 48.0 Å². The zero-order valence-corrected chi connectivity index (χ0v) is 14.0. The molecule has 6 heteroatoms. The Morgan fingerprint density at radius 2 is 1.93 bits per heavy atom. The number of furan rings is 1. The largest absolute Gasteiger partial charge is 0.457 e. The summed E-state index contributed by atoms with van der Waals surface area (Å²) in [5.41, 5.74) is 2.86. The van der Waals surface area contributed by atoms with Crippen molar-refractivity contribution in [2.75, 3.05) is 0 Å². The average molecular weight is 355 g/mol. The number of ether oxygens (including phenoxy) is 1. The number of hydrogen-bond acceptors (Lipinski definition) is 5. The van der Waals surface area contributed by atoms with Crippen LogP contribution in [0.1, 0.15) is 21.9 Å². The molecule has 4 aromatic rings. The Bertz CT molecular complexity index is 1130. The van der Waals surface area contributed by atoms with Crippen LogP contribution in [0.2, 0.25) is 0 Å². The lowest BCUT2D eigenvalue weighted by molar-refractivity contribution is 0.0701. The van der Waals surface area contributed by atoms with Gasteiger partial charge in [-0.25, -0.2) is 9.78 Å². The minimum atomic E-state index is -0.566. The zero-order chi connectivity index (χ0) is 18.6. The molecule has 0 saturated carbocycles. The highest BCUT2D eigenvalue weighted by Crippen LogP contribution is 2.21. The van der Waals surface area contributed by atoms with Gasteiger partial charge in [-0.2, -0.15) is 5.26 Å². The van der Waals surface area contributed by atoms with Gasteiger partial charge in [0.05, 0.1) is 22.9 Å². The summed E-state index contributed by atoms with van der Waals surface area (Å²) < 4.78 is 10.2. The summed E-state index contributed by atoms with van der Waals surface area (Å²) in [7, 11) is 0. The maximum atomic E-state index is 11.9. The minimum absolute atomic E-state index is 0.135. The monoisotopic (exact) mass is 355 g/mol. The first-order valence-electron chi connectivity index (χ1n) is 8.15. The van der Waals surface area contributed by atoms with Crippen molar-refractivity contribution in [2.45, 2.75) is 0 Å². The van der Waals surface area contributed by atoms with Crippen LogP contribution < -0.4 is 4.74 Å². The van der Waals surface area contributed by atoms with Crippen LogP contribution in [0.3, 0.4) is 0 Å². The van der Waals surface area contributed by atoms with E-state index in [-0.39, 0.29) is 5.76 Å². The molecule has 0 unspecified atom stereocenters. The number of imidazole rings is 1. The van der Waals surface area contributed by atoms with Gasteiger partial charge in [-0.3, -0.25) is 0 Å². The maximum absolute atomic E-state index is 11.9. The molecule has 2 heterocycles. The lowest BCUT2D eigenvalue weighted by Gasteiger charge is -2.03. The second-order valence-corrected chi connectivity index (χ2v) is 5.71. The van der Waals surface area contributed by atoms with Gasteiger partial charge in [-0.15, -0.1) is 0 Å². The normalized spacial score (nSPS) is 11.3. The van der Waals surface area contributed by atoms with Crippen LogP contribution in [0.4, 0.5) is 0 Å². The third kappa shape index (κ3) is 3.48. The number of carbonyl (C=O) groups is 1. The van der Waals surface area contributed by atoms with E-state index in [0.29, 0.717) is 17.1 Å². The van der Waals surface area contributed by atoms with Crippen LogP contribution in [-0.2, 0) is 0 Å². The maximum Gasteiger partial charge on any atom is 0.379 e. The third-order valence-corrected chi connectivity index (χ3v) is 3.89. The first-order chi connectivity index (χ1) is 13.2. The number of esters is 1. The van der Waals surface area contributed by atoms with Crippen LogP contribution in [-0.4, -0.2) is 15.9 Å². The number of carbonyl (C=O) groups excluding carboxylic acids is 1. The van der Waals surface area contributed by atoms with Crippen molar-refractivity contribution in [1.82, 2.24) is 9.97 Å². The molecule has 0 atom stereocenters. The van der Waals surface area contributed by atoms with E-state index < -0.39 is 5.97 Å². The Kier molecular flexibility index (Phi) is 4.25. The molecule has 4 rings (SSSR count). The summed E-state index contributed by atoms with van der Waals surface area (Å²) in [6, 6.07) is 19.7. The van der Waals surface area contributed by atoms with Crippen molar-refractivity contribution in [2.24, 2.45) is 0 Å². The molecule has 0 aliphatic heterocycles. The highest BCUT2D eigenvalue weighted by Gasteiger charge is 2.11. The van der Waals surface area contributed by atoms with Gasteiger partial charge < -0.3 is 14.1 Å². The van der Waals surface area contributed by atoms with E-state index in [0.717, 1.165) is 16.6 Å². The van der Waals surface area contributed by atoms with Crippen molar-refractivity contribution >= 4 is 28.7 Å². The van der Waals surface area contributed by atoms with E-state index in [9.17, 15) is 10.1 Å². The lowest BCUT2D eigenvalue weighted by atomic mass is 10.1. The molecule has 0 bridgehead atoms. The number of nitrogens with zero attached hydrogens (tertiary/aromatic N) is 2. The smallest absolute Gasteiger partial charge is 0.379 e. The molecular formula is C21H13N3O3. The molecule has 2 aromatic heterocycles. The lowest BCUT2D eigenvalue weighted by Crippen LogP contribution is -2.06. The van der Waals surface area contributed by atoms with Crippen LogP contribution in [0.15, 0.2) is 71.3 Å². The van der Waals surface area contributed by atoms with Gasteiger partial charge >= 0.3 is 5.97 Å². The van der Waals surface area contributed by atoms with Crippen molar-refractivity contribution in [3.8, 4) is 11.8 Å². The molecule has 0 radical (unpaired) electrons. The summed E-state index contributed by atoms with van der Waals surface area (Å²) in [6.45, 7) is 0. The van der Waals surface area contributed by atoms with E-state index >= 15 is 0 Å². The first-order valence-corrected chi connectivity index (χ1v) is 8.15. The Balaban J connectivity index is 1.55. The Hall–Kier alpha value is -4.11. The Labute approximate surface area is 154 Å². The fourth-order valence-electron chi connectivity index (χ4n) is 2.58. The summed E-state index contributed by atoms with van der Waals surface area (Å²) in [4.78, 5) is 19.4. The second-order valence-electron chi connectivity index (χ2n) is 5.71. The van der Waals surface area contributed by atoms with Crippen molar-refractivity contribution < 1.29 is 13.9 Å². The molecule has 0 spiro atoms. The highest BCUT2D eigenvalue weighted by atomic mass is 16.5. The first kappa shape index (κ1) is 16.4. The molecule has 2 aromatic carbocycles. The summed E-state index contributed by atoms with van der Waals surface area (Å²) >= 11 is 0. The molecule has 0 fully saturated rings. The van der Waals surface area contributed by atoms with E-state index in [4.69, 9.17) is 9.15 Å². The number of aromatic amines is 1. The number of H-pyrrole nitrogens is 1. The molecule has 0 aliphatic rings. The quantitative estimate of drug-likeness (QED) is 0.332. The number of fused-ring (bicyclic) bond motifs is 1. The summed E-state index contributed by atoms with van der Waals surface area (Å²) in [6.07, 6.45) is 3.13. The van der Waals surface area contributed by atoms with Crippen molar-refractivity contribution in [3.05, 3.63) is 84.1 Å². The average Bonchev–Trinajstić information content (AvgIpc) is 3.37. The van der Waals surface area contributed by atoms with E-state index in [1.54, 1.807) is 36.4 Å². The fourth-order valence-corrected chi connectivity index (χ4v) is 2.58. The standard InChI is InChI=1S/C21H13N3O3/c22-13-15(20-23-17-4-1-2-5-18(17)24-20)12-14-7-9-16(10-8-14)27-21(25)19-6-3-11-26-19/h1-12H,(H,23,24)/b15-12+. The molecule has 0 saturated heterocycles. The number of rotatable bonds is 4. The van der Waals surface area contributed by atoms with Gasteiger partial charge in [0.25, 0.3) is 0 Å². The molecule has 27 heavy (non-hydrogen) atoms. The van der Waals surface area contributed by atoms with E-state index in [1.165, 1.54) is 12.3 Å². The predicted molar refractivity (Wildman–Crippen MR) is 99.7 cm³/mol. The third-order valence-electron chi connectivity index (χ3n) is 3.89. The number of hydrogen-bond donors (Lipinski definition) is 1. The zero-order valence-electron chi connectivity index (χ0n) is 14.0. The SMILES string of the molecule is N#C/C(=C\c1ccc(OC(=O)c2ccco2)cc1)c1nc2ccccc2[nH]1. The molecule has 1 N–H and O–H groups in total. The Morgan fingerprint density at radius 3 is 2.63 bits per heavy atom. The van der Waals surface area contributed by atoms with E-state index in [1.807, 2.05) is 24.3 Å². The van der Waals surface area contributed by atoms with E-state index in [2.05, 4.69) is 16.0 Å². The van der Waals surface area contributed by atoms with Crippen LogP contribution >= 0.6 is 0 Å². The molecule has 0 aliphatic carbocycles. The number of aromatic nitrogens is 2. The van der Waals surface area contributed by atoms with Gasteiger partial charge in [-0.1, -0.05) is 24.3 Å². The highest BCUT2D eigenvalue weighted by molar-refractivity contribution is 5.90. The van der Waals surface area contributed by atoms with Crippen LogP contribution in [0, 0.1) is 11.3 Å². The number of nitrogens with one attached hydrogen (secondary N) is 1. The van der Waals surface area contributed by atoms with Gasteiger partial charge in [0.1, 0.15) is 17.6 Å². The Morgan fingerprint density at radius 1 is 1.11 bits per heavy atom. The van der Waals surface area contributed by atoms with Crippen molar-refractivity contribution in [1.29, 1.82) is 5.26 Å². The molecule has 6 nitrogen and oxygen atoms in total. The number of allylic oxidation sites excluding steroid dienone is 1. The number of nitriles is 1. The number of para-hydroxylation sites is 2. The molecule has 0 amide bonds. The second kappa shape index (κ2) is 7.02. The summed E-state index contributed by atoms with van der Waals surface area (Å²) in [5, 5.41) is 9.49. The van der Waals surface area contributed by atoms with Gasteiger partial charge in [0, 0.05) is 0 Å². The van der Waals surface area contributed by atoms with Gasteiger partial charge in [0.2, 0.25) is 5.76 Å². The number of benzene rings is 2. The van der Waals surface area contributed by atoms with Gasteiger partial charge in [0.15, 0.2) is 0 Å². The van der Waals surface area contributed by atoms with Crippen LogP contribution in [0.5, 0.6) is 5.75 Å². The molecule has 130 valence electrons. The van der Waals surface area contributed by atoms with Crippen molar-refractivity contribution in [3.63, 3.8) is 0 Å². The topological polar surface area (TPSA) is 91.9 Å². The summed E-state index contributed by atoms with van der Waals surface area (Å²) in [5.74, 6) is 0.460.